The third-order valence-corrected chi connectivity index (χ3v) is 8.63. The highest BCUT2D eigenvalue weighted by Gasteiger charge is 2.58. The first kappa shape index (κ1) is 26.4. The summed E-state index contributed by atoms with van der Waals surface area (Å²) in [5.74, 6) is -0.947. The Kier molecular flexibility index (Phi) is 7.32. The minimum atomic E-state index is -1.02. The number of ether oxygens (including phenoxy) is 1. The second-order valence-corrected chi connectivity index (χ2v) is 11.1. The predicted octanol–water partition coefficient (Wildman–Crippen LogP) is 4.79. The van der Waals surface area contributed by atoms with Crippen LogP contribution in [0.15, 0.2) is 78.9 Å². The van der Waals surface area contributed by atoms with E-state index in [2.05, 4.69) is 34.5 Å². The molecule has 3 N–H and O–H groups in total. The van der Waals surface area contributed by atoms with Crippen LogP contribution in [-0.4, -0.2) is 54.0 Å². The van der Waals surface area contributed by atoms with Crippen molar-refractivity contribution in [3.05, 3.63) is 101 Å². The molecular weight excluding hydrogens is 476 g/mol. The maximum Gasteiger partial charge on any atom is 0.308 e. The first-order valence-corrected chi connectivity index (χ1v) is 13.4. The number of benzene rings is 3. The van der Waals surface area contributed by atoms with E-state index in [1.165, 1.54) is 0 Å². The SMILES string of the molecule is CNC1[C@@H](c2cc(C(C)(C)O)ccc2OC)[C@@H]2CCN1[C@@H](C(c1ccccc1)c1ccccc1)[C@H]2C(=O)O. The van der Waals surface area contributed by atoms with Crippen LogP contribution in [0.5, 0.6) is 5.75 Å². The summed E-state index contributed by atoms with van der Waals surface area (Å²) in [7, 11) is 3.61. The molecule has 3 aliphatic heterocycles. The van der Waals surface area contributed by atoms with Gasteiger partial charge in [-0.2, -0.15) is 0 Å². The average molecular weight is 515 g/mol. The number of carboxylic acid groups (broad SMARTS) is 1. The van der Waals surface area contributed by atoms with Crippen LogP contribution >= 0.6 is 0 Å². The fraction of sp³-hybridized carbons (Fsp3) is 0.406. The third-order valence-electron chi connectivity index (χ3n) is 8.63. The molecule has 0 spiro atoms. The molecule has 3 saturated heterocycles. The number of carbonyl (C=O) groups is 1. The Morgan fingerprint density at radius 2 is 1.63 bits per heavy atom. The van der Waals surface area contributed by atoms with Crippen molar-refractivity contribution in [2.24, 2.45) is 11.8 Å². The Balaban J connectivity index is 1.67. The molecule has 0 saturated carbocycles. The van der Waals surface area contributed by atoms with Crippen LogP contribution < -0.4 is 10.1 Å². The lowest BCUT2D eigenvalue weighted by Gasteiger charge is -2.59. The Bertz CT molecular complexity index is 1220. The fourth-order valence-corrected chi connectivity index (χ4v) is 7.01. The summed E-state index contributed by atoms with van der Waals surface area (Å²) < 4.78 is 5.80. The predicted molar refractivity (Wildman–Crippen MR) is 148 cm³/mol. The largest absolute Gasteiger partial charge is 0.496 e. The van der Waals surface area contributed by atoms with Crippen LogP contribution in [0, 0.1) is 11.8 Å². The van der Waals surface area contributed by atoms with E-state index < -0.39 is 17.5 Å². The van der Waals surface area contributed by atoms with E-state index in [4.69, 9.17) is 4.74 Å². The molecular formula is C32H38N2O4. The number of aliphatic carboxylic acids is 1. The maximum absolute atomic E-state index is 13.2. The van der Waals surface area contributed by atoms with Crippen molar-refractivity contribution in [3.63, 3.8) is 0 Å². The summed E-state index contributed by atoms with van der Waals surface area (Å²) in [4.78, 5) is 15.5. The second kappa shape index (κ2) is 10.5. The molecule has 6 nitrogen and oxygen atoms in total. The van der Waals surface area contributed by atoms with Crippen LogP contribution in [0.1, 0.15) is 54.4 Å². The Morgan fingerprint density at radius 1 is 1.03 bits per heavy atom. The molecule has 6 heteroatoms. The Morgan fingerprint density at radius 3 is 2.13 bits per heavy atom. The van der Waals surface area contributed by atoms with Gasteiger partial charge >= 0.3 is 5.97 Å². The van der Waals surface area contributed by atoms with Crippen molar-refractivity contribution in [1.82, 2.24) is 10.2 Å². The van der Waals surface area contributed by atoms with Crippen molar-refractivity contribution >= 4 is 5.97 Å². The molecule has 6 atom stereocenters. The van der Waals surface area contributed by atoms with Gasteiger partial charge in [-0.05, 0) is 62.1 Å². The number of nitrogens with zero attached hydrogens (tertiary/aromatic N) is 1. The number of hydrogen-bond acceptors (Lipinski definition) is 5. The molecule has 0 radical (unpaired) electrons. The van der Waals surface area contributed by atoms with Crippen molar-refractivity contribution in [3.8, 4) is 5.75 Å². The minimum absolute atomic E-state index is 0.0878. The van der Waals surface area contributed by atoms with E-state index in [1.54, 1.807) is 21.0 Å². The molecule has 6 rings (SSSR count). The van der Waals surface area contributed by atoms with E-state index in [0.717, 1.165) is 41.0 Å². The van der Waals surface area contributed by atoms with Gasteiger partial charge in [-0.3, -0.25) is 9.69 Å². The van der Waals surface area contributed by atoms with Gasteiger partial charge in [0.05, 0.1) is 24.8 Å². The molecule has 0 aromatic heterocycles. The molecule has 3 heterocycles. The third kappa shape index (κ3) is 4.62. The highest BCUT2D eigenvalue weighted by atomic mass is 16.5. The fourth-order valence-electron chi connectivity index (χ4n) is 7.01. The summed E-state index contributed by atoms with van der Waals surface area (Å²) in [5, 5.41) is 25.1. The molecule has 3 aromatic carbocycles. The number of aliphatic hydroxyl groups is 1. The lowest BCUT2D eigenvalue weighted by molar-refractivity contribution is -0.161. The van der Waals surface area contributed by atoms with Gasteiger partial charge in [0.2, 0.25) is 0 Å². The highest BCUT2D eigenvalue weighted by Crippen LogP contribution is 2.54. The van der Waals surface area contributed by atoms with Crippen molar-refractivity contribution in [1.29, 1.82) is 0 Å². The Labute approximate surface area is 225 Å². The number of rotatable bonds is 8. The zero-order valence-corrected chi connectivity index (χ0v) is 22.5. The zero-order chi connectivity index (χ0) is 27.0. The van der Waals surface area contributed by atoms with Gasteiger partial charge in [0.1, 0.15) is 5.75 Å². The van der Waals surface area contributed by atoms with Gasteiger partial charge < -0.3 is 20.3 Å². The molecule has 0 aliphatic carbocycles. The van der Waals surface area contributed by atoms with Crippen LogP contribution in [0.2, 0.25) is 0 Å². The molecule has 200 valence electrons. The van der Waals surface area contributed by atoms with Crippen LogP contribution in [0.3, 0.4) is 0 Å². The molecule has 2 unspecified atom stereocenters. The van der Waals surface area contributed by atoms with E-state index in [0.29, 0.717) is 0 Å². The van der Waals surface area contributed by atoms with Crippen molar-refractivity contribution in [2.75, 3.05) is 20.7 Å². The summed E-state index contributed by atoms with van der Waals surface area (Å²) in [6.45, 7) is 4.35. The lowest BCUT2D eigenvalue weighted by Crippen LogP contribution is -2.69. The number of carboxylic acids is 1. The van der Waals surface area contributed by atoms with Crippen LogP contribution in [0.25, 0.3) is 0 Å². The standard InChI is InChI=1S/C32H38N2O4/c1-32(2,37)22-15-16-25(38-4)24(19-22)27-23-17-18-34(30(27)33-3)29(28(23)31(35)36)26(20-11-7-5-8-12-20)21-13-9-6-10-14-21/h5-16,19,23,26-30,33,37H,17-18H2,1-4H3,(H,35,36)/t23-,27+,28-,29-,30?/m0/s1. The van der Waals surface area contributed by atoms with Gasteiger partial charge in [0.25, 0.3) is 0 Å². The van der Waals surface area contributed by atoms with Crippen molar-refractivity contribution < 1.29 is 19.7 Å². The monoisotopic (exact) mass is 514 g/mol. The smallest absolute Gasteiger partial charge is 0.308 e. The summed E-state index contributed by atoms with van der Waals surface area (Å²) in [5.41, 5.74) is 2.95. The number of hydrogen-bond donors (Lipinski definition) is 3. The van der Waals surface area contributed by atoms with E-state index >= 15 is 0 Å². The summed E-state index contributed by atoms with van der Waals surface area (Å²) in [6.07, 6.45) is 0.693. The first-order valence-electron chi connectivity index (χ1n) is 13.4. The van der Waals surface area contributed by atoms with E-state index in [9.17, 15) is 15.0 Å². The van der Waals surface area contributed by atoms with Crippen molar-refractivity contribution in [2.45, 2.75) is 49.9 Å². The van der Waals surface area contributed by atoms with Gasteiger partial charge in [-0.25, -0.2) is 0 Å². The molecule has 3 aromatic rings. The number of fused-ring (bicyclic) bond motifs is 3. The van der Waals surface area contributed by atoms with Gasteiger partial charge in [-0.1, -0.05) is 66.7 Å². The molecule has 3 aliphatic rings. The van der Waals surface area contributed by atoms with Gasteiger partial charge in [0.15, 0.2) is 0 Å². The van der Waals surface area contributed by atoms with Crippen LogP contribution in [0.4, 0.5) is 0 Å². The average Bonchev–Trinajstić information content (AvgIpc) is 2.93. The van der Waals surface area contributed by atoms with E-state index in [-0.39, 0.29) is 30.0 Å². The minimum Gasteiger partial charge on any atom is -0.496 e. The maximum atomic E-state index is 13.2. The van der Waals surface area contributed by atoms with E-state index in [1.807, 2.05) is 61.6 Å². The molecule has 2 bridgehead atoms. The highest BCUT2D eigenvalue weighted by molar-refractivity contribution is 5.73. The molecule has 38 heavy (non-hydrogen) atoms. The Hall–Kier alpha value is -3.19. The lowest BCUT2D eigenvalue weighted by atomic mass is 9.60. The topological polar surface area (TPSA) is 82.0 Å². The number of piperidine rings is 3. The number of methoxy groups -OCH3 is 1. The summed E-state index contributed by atoms with van der Waals surface area (Å²) >= 11 is 0. The van der Waals surface area contributed by atoms with Gasteiger partial charge in [-0.15, -0.1) is 0 Å². The number of likely N-dealkylation sites (N-methyl/N-ethyl adjacent to an activating group) is 1. The van der Waals surface area contributed by atoms with Crippen LogP contribution in [-0.2, 0) is 10.4 Å². The second-order valence-electron chi connectivity index (χ2n) is 11.1. The first-order chi connectivity index (χ1) is 18.3. The quantitative estimate of drug-likeness (QED) is 0.401. The molecule has 0 amide bonds. The zero-order valence-electron chi connectivity index (χ0n) is 22.5. The van der Waals surface area contributed by atoms with Gasteiger partial charge in [0, 0.05) is 30.0 Å². The normalized spacial score (nSPS) is 26.9. The number of nitrogens with one attached hydrogen (secondary N) is 1. The summed E-state index contributed by atoms with van der Waals surface area (Å²) in [6, 6.07) is 26.1. The molecule has 3 fully saturated rings.